The molecule has 1 aliphatic rings. The van der Waals surface area contributed by atoms with Crippen molar-refractivity contribution in [2.45, 2.75) is 62.6 Å². The van der Waals surface area contributed by atoms with Gasteiger partial charge in [0.15, 0.2) is 0 Å². The first kappa shape index (κ1) is 33.3. The molecule has 10 nitrogen and oxygen atoms in total. The van der Waals surface area contributed by atoms with Gasteiger partial charge in [-0.25, -0.2) is 8.42 Å². The summed E-state index contributed by atoms with van der Waals surface area (Å²) in [6, 6.07) is 28.8. The Hall–Kier alpha value is -5.03. The Labute approximate surface area is 275 Å². The van der Waals surface area contributed by atoms with Crippen LogP contribution in [-0.2, 0) is 32.6 Å². The molecular formula is C36H38N4O6S. The first-order valence-electron chi connectivity index (χ1n) is 15.6. The molecule has 47 heavy (non-hydrogen) atoms. The van der Waals surface area contributed by atoms with E-state index in [0.29, 0.717) is 0 Å². The van der Waals surface area contributed by atoms with E-state index in [1.54, 1.807) is 18.2 Å². The van der Waals surface area contributed by atoms with Crippen molar-refractivity contribution in [2.75, 3.05) is 10.8 Å². The zero-order valence-corrected chi connectivity index (χ0v) is 27.0. The van der Waals surface area contributed by atoms with Gasteiger partial charge in [-0.15, -0.1) is 0 Å². The van der Waals surface area contributed by atoms with Crippen molar-refractivity contribution < 1.29 is 22.9 Å². The minimum absolute atomic E-state index is 0.00626. The number of nitro benzene ring substituents is 1. The number of nitrogens with zero attached hydrogens (tertiary/aromatic N) is 3. The van der Waals surface area contributed by atoms with E-state index in [-0.39, 0.29) is 41.2 Å². The van der Waals surface area contributed by atoms with Crippen LogP contribution in [0, 0.1) is 17.0 Å². The molecule has 0 saturated heterocycles. The number of nitro groups is 1. The van der Waals surface area contributed by atoms with Crippen LogP contribution in [-0.4, -0.2) is 48.7 Å². The minimum Gasteiger partial charge on any atom is -0.352 e. The number of carbonyl (C=O) groups excluding carboxylic acids is 2. The Balaban J connectivity index is 1.57. The smallest absolute Gasteiger partial charge is 0.269 e. The maximum atomic E-state index is 14.6. The van der Waals surface area contributed by atoms with Crippen LogP contribution >= 0.6 is 0 Å². The second-order valence-corrected chi connectivity index (χ2v) is 13.7. The van der Waals surface area contributed by atoms with E-state index in [1.807, 2.05) is 61.5 Å². The molecule has 5 rings (SSSR count). The van der Waals surface area contributed by atoms with Gasteiger partial charge in [0.2, 0.25) is 11.8 Å². The zero-order chi connectivity index (χ0) is 33.4. The fourth-order valence-corrected chi connectivity index (χ4v) is 7.35. The van der Waals surface area contributed by atoms with Crippen LogP contribution in [0.3, 0.4) is 0 Å². The van der Waals surface area contributed by atoms with Crippen LogP contribution in [0.4, 0.5) is 11.4 Å². The molecule has 244 valence electrons. The zero-order valence-electron chi connectivity index (χ0n) is 26.2. The van der Waals surface area contributed by atoms with Crippen LogP contribution < -0.4 is 9.62 Å². The van der Waals surface area contributed by atoms with Crippen molar-refractivity contribution in [1.29, 1.82) is 0 Å². The summed E-state index contributed by atoms with van der Waals surface area (Å²) in [7, 11) is -4.30. The average molecular weight is 655 g/mol. The summed E-state index contributed by atoms with van der Waals surface area (Å²) < 4.78 is 29.1. The Morgan fingerprint density at radius 2 is 1.49 bits per heavy atom. The van der Waals surface area contributed by atoms with E-state index in [1.165, 1.54) is 41.3 Å². The molecule has 1 fully saturated rings. The lowest BCUT2D eigenvalue weighted by Crippen LogP contribution is -2.54. The van der Waals surface area contributed by atoms with E-state index in [9.17, 15) is 28.1 Å². The van der Waals surface area contributed by atoms with Crippen LogP contribution in [0.5, 0.6) is 0 Å². The number of nitrogens with one attached hydrogen (secondary N) is 1. The molecule has 1 atom stereocenters. The number of hydrogen-bond donors (Lipinski definition) is 1. The lowest BCUT2D eigenvalue weighted by atomic mass is 10.0. The summed E-state index contributed by atoms with van der Waals surface area (Å²) >= 11 is 0. The van der Waals surface area contributed by atoms with Gasteiger partial charge in [-0.1, -0.05) is 91.2 Å². The van der Waals surface area contributed by atoms with Gasteiger partial charge in [0.25, 0.3) is 15.7 Å². The highest BCUT2D eigenvalue weighted by atomic mass is 32.2. The number of carbonyl (C=O) groups is 2. The summed E-state index contributed by atoms with van der Waals surface area (Å²) in [6.07, 6.45) is 3.97. The Kier molecular flexibility index (Phi) is 10.7. The number of anilines is 1. The predicted molar refractivity (Wildman–Crippen MR) is 180 cm³/mol. The number of benzene rings is 4. The lowest BCUT2D eigenvalue weighted by Gasteiger charge is -2.34. The van der Waals surface area contributed by atoms with Gasteiger partial charge >= 0.3 is 0 Å². The largest absolute Gasteiger partial charge is 0.352 e. The van der Waals surface area contributed by atoms with E-state index in [4.69, 9.17) is 0 Å². The summed E-state index contributed by atoms with van der Waals surface area (Å²) in [6.45, 7) is 1.37. The third-order valence-electron chi connectivity index (χ3n) is 8.37. The second kappa shape index (κ2) is 15.0. The number of rotatable bonds is 13. The molecule has 0 spiro atoms. The molecule has 0 aliphatic heterocycles. The van der Waals surface area contributed by atoms with Crippen molar-refractivity contribution in [3.8, 4) is 0 Å². The molecule has 1 unspecified atom stereocenters. The highest BCUT2D eigenvalue weighted by Crippen LogP contribution is 2.27. The van der Waals surface area contributed by atoms with Gasteiger partial charge < -0.3 is 10.2 Å². The van der Waals surface area contributed by atoms with Crippen LogP contribution in [0.1, 0.15) is 42.4 Å². The molecule has 4 aromatic rings. The monoisotopic (exact) mass is 654 g/mol. The summed E-state index contributed by atoms with van der Waals surface area (Å²) in [4.78, 5) is 40.8. The molecule has 0 heterocycles. The fourth-order valence-electron chi connectivity index (χ4n) is 5.92. The van der Waals surface area contributed by atoms with Crippen LogP contribution in [0.25, 0.3) is 0 Å². The number of aryl methyl sites for hydroxylation is 1. The summed E-state index contributed by atoms with van der Waals surface area (Å²) in [5.41, 5.74) is 2.48. The maximum Gasteiger partial charge on any atom is 0.269 e. The number of hydrogen-bond acceptors (Lipinski definition) is 6. The van der Waals surface area contributed by atoms with Crippen molar-refractivity contribution >= 4 is 33.2 Å². The SMILES string of the molecule is Cc1cccc(CN(C(=O)CN(c2ccc([N+](=O)[O-])cc2)S(=O)(=O)c2ccccc2)C(Cc2ccccc2)C(=O)NC2CCCC2)c1. The van der Waals surface area contributed by atoms with Gasteiger partial charge in [-0.2, -0.15) is 0 Å². The number of sulfonamides is 1. The molecule has 0 aromatic heterocycles. The van der Waals surface area contributed by atoms with Crippen molar-refractivity contribution in [2.24, 2.45) is 0 Å². The summed E-state index contributed by atoms with van der Waals surface area (Å²) in [5, 5.41) is 14.5. The van der Waals surface area contributed by atoms with Crippen LogP contribution in [0.15, 0.2) is 114 Å². The third-order valence-corrected chi connectivity index (χ3v) is 10.2. The fraction of sp³-hybridized carbons (Fsp3) is 0.278. The lowest BCUT2D eigenvalue weighted by molar-refractivity contribution is -0.384. The molecule has 1 saturated carbocycles. The predicted octanol–water partition coefficient (Wildman–Crippen LogP) is 5.80. The number of non-ortho nitro benzene ring substituents is 1. The van der Waals surface area contributed by atoms with Gasteiger partial charge in [-0.05, 0) is 55.2 Å². The molecule has 11 heteroatoms. The normalized spacial score (nSPS) is 13.9. The number of amides is 2. The van der Waals surface area contributed by atoms with Gasteiger partial charge in [0.05, 0.1) is 15.5 Å². The highest BCUT2D eigenvalue weighted by molar-refractivity contribution is 7.92. The molecule has 0 radical (unpaired) electrons. The molecule has 1 aliphatic carbocycles. The highest BCUT2D eigenvalue weighted by Gasteiger charge is 2.35. The van der Waals surface area contributed by atoms with Crippen LogP contribution in [0.2, 0.25) is 0 Å². The summed E-state index contributed by atoms with van der Waals surface area (Å²) in [5.74, 6) is -0.888. The van der Waals surface area contributed by atoms with E-state index >= 15 is 0 Å². The third kappa shape index (κ3) is 8.42. The standard InChI is InChI=1S/C36H38N4O6S/c1-27-11-10-14-29(23-27)25-38(34(24-28-12-4-2-5-13-28)36(42)37-30-15-8-9-16-30)35(41)26-39(31-19-21-32(22-20-31)40(43)44)47(45,46)33-17-6-3-7-18-33/h2-7,10-14,17-23,30,34H,8-9,15-16,24-26H2,1H3,(H,37,42). The quantitative estimate of drug-likeness (QED) is 0.143. The molecular weight excluding hydrogens is 616 g/mol. The Morgan fingerprint density at radius 1 is 0.872 bits per heavy atom. The van der Waals surface area contributed by atoms with E-state index in [0.717, 1.165) is 46.7 Å². The first-order chi connectivity index (χ1) is 22.6. The Morgan fingerprint density at radius 3 is 2.11 bits per heavy atom. The van der Waals surface area contributed by atoms with Crippen molar-refractivity contribution in [3.63, 3.8) is 0 Å². The van der Waals surface area contributed by atoms with Crippen molar-refractivity contribution in [1.82, 2.24) is 10.2 Å². The average Bonchev–Trinajstić information content (AvgIpc) is 3.59. The Bertz CT molecular complexity index is 1790. The maximum absolute atomic E-state index is 14.6. The molecule has 4 aromatic carbocycles. The molecule has 0 bridgehead atoms. The van der Waals surface area contributed by atoms with Crippen molar-refractivity contribution in [3.05, 3.63) is 136 Å². The van der Waals surface area contributed by atoms with Gasteiger partial charge in [-0.3, -0.25) is 24.0 Å². The molecule has 1 N–H and O–H groups in total. The van der Waals surface area contributed by atoms with Gasteiger partial charge in [0.1, 0.15) is 12.6 Å². The molecule has 2 amide bonds. The topological polar surface area (TPSA) is 130 Å². The second-order valence-electron chi connectivity index (χ2n) is 11.8. The minimum atomic E-state index is -4.30. The van der Waals surface area contributed by atoms with E-state index in [2.05, 4.69) is 5.32 Å². The first-order valence-corrected chi connectivity index (χ1v) is 17.1. The van der Waals surface area contributed by atoms with E-state index < -0.39 is 33.4 Å². The van der Waals surface area contributed by atoms with Gasteiger partial charge in [0, 0.05) is 31.1 Å².